The van der Waals surface area contributed by atoms with Gasteiger partial charge < -0.3 is 9.84 Å². The molecule has 1 N–H and O–H groups in total. The minimum Gasteiger partial charge on any atom is -0.508 e. The number of ketones is 1. The summed E-state index contributed by atoms with van der Waals surface area (Å²) in [6.45, 7) is 3.73. The Hall–Kier alpha value is -1.51. The fourth-order valence-corrected chi connectivity index (χ4v) is 2.27. The Bertz CT molecular complexity index is 498. The Balaban J connectivity index is 2.20. The van der Waals surface area contributed by atoms with Gasteiger partial charge in [0.1, 0.15) is 17.1 Å². The predicted molar refractivity (Wildman–Crippen MR) is 59.1 cm³/mol. The second-order valence-electron chi connectivity index (χ2n) is 4.91. The number of carbonyl (C=O) groups is 1. The van der Waals surface area contributed by atoms with Crippen molar-refractivity contribution in [2.45, 2.75) is 38.7 Å². The van der Waals surface area contributed by atoms with E-state index < -0.39 is 0 Å². The van der Waals surface area contributed by atoms with Crippen molar-refractivity contribution in [2.75, 3.05) is 0 Å². The van der Waals surface area contributed by atoms with Crippen LogP contribution in [0.25, 0.3) is 0 Å². The van der Waals surface area contributed by atoms with Gasteiger partial charge in [0, 0.05) is 0 Å². The van der Waals surface area contributed by atoms with Crippen molar-refractivity contribution in [3.05, 3.63) is 22.8 Å². The molecule has 84 valence electrons. The molecule has 2 aliphatic rings. The third-order valence-electron chi connectivity index (χ3n) is 3.72. The van der Waals surface area contributed by atoms with E-state index in [1.807, 2.05) is 13.8 Å². The average molecular weight is 218 g/mol. The minimum absolute atomic E-state index is 0.0946. The van der Waals surface area contributed by atoms with Gasteiger partial charge in [0.2, 0.25) is 0 Å². The van der Waals surface area contributed by atoms with Crippen molar-refractivity contribution in [3.8, 4) is 11.5 Å². The summed E-state index contributed by atoms with van der Waals surface area (Å²) >= 11 is 0. The molecule has 0 radical (unpaired) electrons. The van der Waals surface area contributed by atoms with Crippen molar-refractivity contribution in [3.63, 3.8) is 0 Å². The molecule has 0 saturated heterocycles. The molecule has 3 nitrogen and oxygen atoms in total. The average Bonchev–Trinajstić information content (AvgIpc) is 2.97. The largest absolute Gasteiger partial charge is 0.508 e. The van der Waals surface area contributed by atoms with Crippen molar-refractivity contribution >= 4 is 5.78 Å². The van der Waals surface area contributed by atoms with Crippen LogP contribution in [0, 0.1) is 13.8 Å². The smallest absolute Gasteiger partial charge is 0.170 e. The van der Waals surface area contributed by atoms with E-state index in [0.29, 0.717) is 17.7 Å². The molecular weight excluding hydrogens is 204 g/mol. The first kappa shape index (κ1) is 9.70. The summed E-state index contributed by atoms with van der Waals surface area (Å²) in [6.07, 6.45) is 2.40. The Morgan fingerprint density at radius 1 is 1.31 bits per heavy atom. The molecule has 1 heterocycles. The SMILES string of the molecule is Cc1c(O)cc2c(c1C)OC1(CC1)CC2=O. The first-order chi connectivity index (χ1) is 7.52. The number of carbonyl (C=O) groups excluding carboxylic acids is 1. The van der Waals surface area contributed by atoms with Gasteiger partial charge in [-0.1, -0.05) is 0 Å². The van der Waals surface area contributed by atoms with Crippen LogP contribution in [0.5, 0.6) is 11.5 Å². The topological polar surface area (TPSA) is 46.5 Å². The number of aromatic hydroxyl groups is 1. The maximum absolute atomic E-state index is 12.0. The Morgan fingerprint density at radius 3 is 2.62 bits per heavy atom. The van der Waals surface area contributed by atoms with E-state index in [1.54, 1.807) is 0 Å². The van der Waals surface area contributed by atoms with Crippen LogP contribution in [0.15, 0.2) is 6.07 Å². The third-order valence-corrected chi connectivity index (χ3v) is 3.72. The maximum atomic E-state index is 12.0. The van der Waals surface area contributed by atoms with E-state index >= 15 is 0 Å². The van der Waals surface area contributed by atoms with Crippen molar-refractivity contribution < 1.29 is 14.6 Å². The molecule has 1 aliphatic heterocycles. The number of hydrogen-bond acceptors (Lipinski definition) is 3. The van der Waals surface area contributed by atoms with Crippen molar-refractivity contribution in [1.29, 1.82) is 0 Å². The van der Waals surface area contributed by atoms with Gasteiger partial charge in [0.15, 0.2) is 5.78 Å². The summed E-state index contributed by atoms with van der Waals surface area (Å²) in [5.74, 6) is 0.959. The van der Waals surface area contributed by atoms with E-state index in [0.717, 1.165) is 24.0 Å². The summed E-state index contributed by atoms with van der Waals surface area (Å²) < 4.78 is 5.94. The lowest BCUT2D eigenvalue weighted by Gasteiger charge is -2.27. The first-order valence-electron chi connectivity index (χ1n) is 5.58. The number of benzene rings is 1. The van der Waals surface area contributed by atoms with E-state index in [4.69, 9.17) is 4.74 Å². The monoisotopic (exact) mass is 218 g/mol. The normalized spacial score (nSPS) is 20.5. The lowest BCUT2D eigenvalue weighted by Crippen LogP contribution is -2.29. The number of Topliss-reactive ketones (excluding diaryl/α,β-unsaturated/α-hetero) is 1. The number of hydrogen-bond donors (Lipinski definition) is 1. The van der Waals surface area contributed by atoms with Crippen LogP contribution in [0.2, 0.25) is 0 Å². The molecule has 3 heteroatoms. The summed E-state index contributed by atoms with van der Waals surface area (Å²) in [4.78, 5) is 12.0. The molecule has 0 bridgehead atoms. The fourth-order valence-electron chi connectivity index (χ4n) is 2.27. The van der Waals surface area contributed by atoms with E-state index in [-0.39, 0.29) is 17.1 Å². The molecule has 16 heavy (non-hydrogen) atoms. The van der Waals surface area contributed by atoms with Crippen LogP contribution < -0.4 is 4.74 Å². The van der Waals surface area contributed by atoms with Gasteiger partial charge in [-0.3, -0.25) is 4.79 Å². The number of fused-ring (bicyclic) bond motifs is 1. The lowest BCUT2D eigenvalue weighted by atomic mass is 9.94. The third kappa shape index (κ3) is 1.17. The van der Waals surface area contributed by atoms with Crippen LogP contribution in [0.3, 0.4) is 0 Å². The quantitative estimate of drug-likeness (QED) is 0.727. The van der Waals surface area contributed by atoms with Crippen molar-refractivity contribution in [1.82, 2.24) is 0 Å². The number of phenolic OH excluding ortho intramolecular Hbond substituents is 1. The minimum atomic E-state index is -0.210. The Labute approximate surface area is 94.0 Å². The highest BCUT2D eigenvalue weighted by Crippen LogP contribution is 2.50. The van der Waals surface area contributed by atoms with Crippen molar-refractivity contribution in [2.24, 2.45) is 0 Å². The van der Waals surface area contributed by atoms with Gasteiger partial charge >= 0.3 is 0 Å². The molecule has 1 aromatic carbocycles. The molecule has 1 aromatic rings. The number of rotatable bonds is 0. The van der Waals surface area contributed by atoms with Gasteiger partial charge in [-0.05, 0) is 43.9 Å². The summed E-state index contributed by atoms with van der Waals surface area (Å²) in [5.41, 5.74) is 2.01. The van der Waals surface area contributed by atoms with Crippen LogP contribution in [-0.4, -0.2) is 16.5 Å². The fraction of sp³-hybridized carbons (Fsp3) is 0.462. The maximum Gasteiger partial charge on any atom is 0.170 e. The Kier molecular flexibility index (Phi) is 1.69. The molecular formula is C13H14O3. The second-order valence-corrected chi connectivity index (χ2v) is 4.91. The number of phenols is 1. The highest BCUT2D eigenvalue weighted by atomic mass is 16.5. The lowest BCUT2D eigenvalue weighted by molar-refractivity contribution is 0.0808. The summed E-state index contributed by atoms with van der Waals surface area (Å²) in [7, 11) is 0. The van der Waals surface area contributed by atoms with E-state index in [9.17, 15) is 9.90 Å². The van der Waals surface area contributed by atoms with Gasteiger partial charge in [-0.25, -0.2) is 0 Å². The van der Waals surface area contributed by atoms with Gasteiger partial charge in [-0.2, -0.15) is 0 Å². The van der Waals surface area contributed by atoms with Crippen LogP contribution in [-0.2, 0) is 0 Å². The molecule has 0 amide bonds. The molecule has 0 unspecified atom stereocenters. The summed E-state index contributed by atoms with van der Waals surface area (Å²) in [5, 5.41) is 9.71. The van der Waals surface area contributed by atoms with Crippen LogP contribution in [0.4, 0.5) is 0 Å². The predicted octanol–water partition coefficient (Wildman–Crippen LogP) is 2.51. The molecule has 1 saturated carbocycles. The first-order valence-corrected chi connectivity index (χ1v) is 5.58. The zero-order chi connectivity index (χ0) is 11.5. The van der Waals surface area contributed by atoms with Gasteiger partial charge in [0.25, 0.3) is 0 Å². The molecule has 1 fully saturated rings. The zero-order valence-corrected chi connectivity index (χ0v) is 9.46. The zero-order valence-electron chi connectivity index (χ0n) is 9.46. The van der Waals surface area contributed by atoms with E-state index in [2.05, 4.69) is 0 Å². The van der Waals surface area contributed by atoms with Gasteiger partial charge in [-0.15, -0.1) is 0 Å². The Morgan fingerprint density at radius 2 is 2.00 bits per heavy atom. The molecule has 1 aliphatic carbocycles. The summed E-state index contributed by atoms with van der Waals surface area (Å²) in [6, 6.07) is 1.54. The van der Waals surface area contributed by atoms with Crippen LogP contribution >= 0.6 is 0 Å². The van der Waals surface area contributed by atoms with E-state index in [1.165, 1.54) is 6.07 Å². The highest BCUT2D eigenvalue weighted by Gasteiger charge is 2.51. The van der Waals surface area contributed by atoms with Gasteiger partial charge in [0.05, 0.1) is 12.0 Å². The molecule has 1 spiro atoms. The second kappa shape index (κ2) is 2.78. The molecule has 0 atom stereocenters. The molecule has 0 aromatic heterocycles. The highest BCUT2D eigenvalue weighted by molar-refractivity contribution is 6.01. The molecule has 3 rings (SSSR count). The van der Waals surface area contributed by atoms with Crippen LogP contribution in [0.1, 0.15) is 40.7 Å². The number of ether oxygens (including phenoxy) is 1. The standard InChI is InChI=1S/C13H14O3/c1-7-8(2)12-9(5-10(7)14)11(15)6-13(16-12)3-4-13/h5,14H,3-4,6H2,1-2H3.